The number of nitrogens with two attached hydrogens (primary N) is 1. The summed E-state index contributed by atoms with van der Waals surface area (Å²) in [6.07, 6.45) is 8.30. The molecule has 3 rings (SSSR count). The molecule has 1 aromatic heterocycles. The van der Waals surface area contributed by atoms with Crippen molar-refractivity contribution in [2.75, 3.05) is 0 Å². The molecule has 2 aromatic carbocycles. The van der Waals surface area contributed by atoms with Gasteiger partial charge in [-0.15, -0.1) is 0 Å². The van der Waals surface area contributed by atoms with Crippen LogP contribution in [-0.4, -0.2) is 17.0 Å². The molecule has 166 valence electrons. The first-order valence-corrected chi connectivity index (χ1v) is 10.9. The van der Waals surface area contributed by atoms with Gasteiger partial charge in [-0.25, -0.2) is 0 Å². The Kier molecular flexibility index (Phi) is 7.52. The zero-order chi connectivity index (χ0) is 24.0. The first kappa shape index (κ1) is 23.6. The lowest BCUT2D eigenvalue weighted by molar-refractivity contribution is -0.109. The Hall–Kier alpha value is -4.05. The smallest absolute Gasteiger partial charge is 0.185 e. The molecule has 0 bridgehead atoms. The van der Waals surface area contributed by atoms with Crippen LogP contribution in [0.1, 0.15) is 40.4 Å². The van der Waals surface area contributed by atoms with E-state index in [2.05, 4.69) is 61.8 Å². The summed E-state index contributed by atoms with van der Waals surface area (Å²) in [6.45, 7) is 9.98. The number of nitrogens with zero attached hydrogens (tertiary/aromatic N) is 1. The van der Waals surface area contributed by atoms with Crippen molar-refractivity contribution in [2.24, 2.45) is 5.73 Å². The van der Waals surface area contributed by atoms with E-state index >= 15 is 0 Å². The van der Waals surface area contributed by atoms with Gasteiger partial charge in [0.2, 0.25) is 0 Å². The van der Waals surface area contributed by atoms with Crippen LogP contribution < -0.4 is 5.73 Å². The highest BCUT2D eigenvalue weighted by atomic mass is 16.1. The van der Waals surface area contributed by atoms with Crippen LogP contribution in [-0.2, 0) is 11.2 Å². The zero-order valence-corrected chi connectivity index (χ0v) is 19.4. The van der Waals surface area contributed by atoms with E-state index in [-0.39, 0.29) is 5.78 Å². The lowest BCUT2D eigenvalue weighted by Gasteiger charge is -2.15. The molecule has 0 aliphatic heterocycles. The lowest BCUT2D eigenvalue weighted by Crippen LogP contribution is -2.01. The molecule has 0 saturated carbocycles. The maximum absolute atomic E-state index is 12.9. The summed E-state index contributed by atoms with van der Waals surface area (Å²) in [5, 5.41) is 7.44. The average Bonchev–Trinajstić information content (AvgIpc) is 2.84. The Labute approximate surface area is 195 Å². The number of aromatic nitrogens is 1. The zero-order valence-electron chi connectivity index (χ0n) is 19.4. The van der Waals surface area contributed by atoms with Crippen molar-refractivity contribution in [3.05, 3.63) is 107 Å². The summed E-state index contributed by atoms with van der Waals surface area (Å²) in [4.78, 5) is 17.3. The molecular weight excluding hydrogens is 406 g/mol. The molecule has 3 N–H and O–H groups in total. The number of hydrogen-bond donors (Lipinski definition) is 2. The van der Waals surface area contributed by atoms with Crippen molar-refractivity contribution in [3.63, 3.8) is 0 Å². The summed E-state index contributed by atoms with van der Waals surface area (Å²) < 4.78 is 0. The Morgan fingerprint density at radius 3 is 2.52 bits per heavy atom. The molecule has 33 heavy (non-hydrogen) atoms. The molecule has 0 unspecified atom stereocenters. The fraction of sp³-hybridized carbons (Fsp3) is 0.138. The molecule has 0 radical (unpaired) electrons. The van der Waals surface area contributed by atoms with E-state index in [4.69, 9.17) is 11.1 Å². The molecule has 0 amide bonds. The Morgan fingerprint density at radius 1 is 1.12 bits per heavy atom. The number of carbonyl (C=O) groups is 1. The normalized spacial score (nSPS) is 11.8. The number of carbonyl (C=O) groups excluding carboxylic acids is 1. The largest absolute Gasteiger partial charge is 0.404 e. The SMILES string of the molecule is C=CC(=O)/C(=C/c1ccc(C(C=N)=CN)nc1)c1cc(-c2c(C)cccc2CC)ccc1C. The summed E-state index contributed by atoms with van der Waals surface area (Å²) in [5.74, 6) is -0.151. The van der Waals surface area contributed by atoms with Gasteiger partial charge < -0.3 is 11.1 Å². The number of pyridine rings is 1. The van der Waals surface area contributed by atoms with Gasteiger partial charge in [-0.2, -0.15) is 0 Å². The van der Waals surface area contributed by atoms with Crippen molar-refractivity contribution in [1.82, 2.24) is 4.98 Å². The Morgan fingerprint density at radius 2 is 1.91 bits per heavy atom. The predicted molar refractivity (Wildman–Crippen MR) is 139 cm³/mol. The van der Waals surface area contributed by atoms with Gasteiger partial charge in [0.05, 0.1) is 5.69 Å². The van der Waals surface area contributed by atoms with Crippen LogP contribution in [0.3, 0.4) is 0 Å². The third-order valence-corrected chi connectivity index (χ3v) is 5.74. The van der Waals surface area contributed by atoms with Gasteiger partial charge in [0.15, 0.2) is 5.78 Å². The quantitative estimate of drug-likeness (QED) is 0.328. The van der Waals surface area contributed by atoms with Crippen LogP contribution >= 0.6 is 0 Å². The van der Waals surface area contributed by atoms with Gasteiger partial charge >= 0.3 is 0 Å². The molecule has 0 aliphatic carbocycles. The van der Waals surface area contributed by atoms with Crippen LogP contribution in [0.4, 0.5) is 0 Å². The molecule has 4 heteroatoms. The number of benzene rings is 2. The molecular formula is C29H29N3O. The minimum atomic E-state index is -0.151. The highest BCUT2D eigenvalue weighted by molar-refractivity contribution is 6.30. The van der Waals surface area contributed by atoms with Crippen LogP contribution in [0.2, 0.25) is 0 Å². The Balaban J connectivity index is 2.15. The fourth-order valence-electron chi connectivity index (χ4n) is 3.93. The van der Waals surface area contributed by atoms with E-state index in [1.807, 2.05) is 19.1 Å². The van der Waals surface area contributed by atoms with E-state index < -0.39 is 0 Å². The van der Waals surface area contributed by atoms with E-state index in [9.17, 15) is 4.79 Å². The van der Waals surface area contributed by atoms with Gasteiger partial charge in [-0.3, -0.25) is 9.78 Å². The van der Waals surface area contributed by atoms with Crippen LogP contribution in [0.15, 0.2) is 73.6 Å². The van der Waals surface area contributed by atoms with Gasteiger partial charge in [0.25, 0.3) is 0 Å². The van der Waals surface area contributed by atoms with E-state index in [0.29, 0.717) is 16.8 Å². The van der Waals surface area contributed by atoms with Crippen molar-refractivity contribution in [1.29, 1.82) is 5.41 Å². The second kappa shape index (κ2) is 10.5. The molecule has 1 heterocycles. The Bertz CT molecular complexity index is 1260. The molecule has 0 atom stereocenters. The first-order chi connectivity index (χ1) is 15.9. The van der Waals surface area contributed by atoms with E-state index in [1.165, 1.54) is 29.0 Å². The maximum atomic E-state index is 12.9. The number of hydrogen-bond acceptors (Lipinski definition) is 4. The lowest BCUT2D eigenvalue weighted by atomic mass is 9.88. The fourth-order valence-corrected chi connectivity index (χ4v) is 3.93. The van der Waals surface area contributed by atoms with Crippen molar-refractivity contribution >= 4 is 29.2 Å². The van der Waals surface area contributed by atoms with E-state index in [1.54, 1.807) is 12.3 Å². The topological polar surface area (TPSA) is 79.8 Å². The highest BCUT2D eigenvalue weighted by Gasteiger charge is 2.15. The van der Waals surface area contributed by atoms with Gasteiger partial charge in [-0.1, -0.05) is 49.9 Å². The molecule has 3 aromatic rings. The number of aryl methyl sites for hydroxylation is 3. The summed E-state index contributed by atoms with van der Waals surface area (Å²) in [6, 6.07) is 16.3. The number of ketones is 1. The maximum Gasteiger partial charge on any atom is 0.185 e. The molecule has 0 fully saturated rings. The monoisotopic (exact) mass is 435 g/mol. The highest BCUT2D eigenvalue weighted by Crippen LogP contribution is 2.32. The molecule has 4 nitrogen and oxygen atoms in total. The summed E-state index contributed by atoms with van der Waals surface area (Å²) in [5.41, 5.74) is 14.7. The average molecular weight is 436 g/mol. The van der Waals surface area contributed by atoms with Crippen molar-refractivity contribution in [2.45, 2.75) is 27.2 Å². The second-order valence-electron chi connectivity index (χ2n) is 7.86. The predicted octanol–water partition coefficient (Wildman–Crippen LogP) is 6.17. The van der Waals surface area contributed by atoms with Crippen LogP contribution in [0.25, 0.3) is 28.3 Å². The molecule has 0 aliphatic rings. The van der Waals surface area contributed by atoms with Gasteiger partial charge in [0.1, 0.15) is 0 Å². The minimum absolute atomic E-state index is 0.151. The van der Waals surface area contributed by atoms with Gasteiger partial charge in [0, 0.05) is 29.8 Å². The third kappa shape index (κ3) is 5.07. The summed E-state index contributed by atoms with van der Waals surface area (Å²) >= 11 is 0. The minimum Gasteiger partial charge on any atom is -0.404 e. The number of rotatable bonds is 8. The van der Waals surface area contributed by atoms with Crippen molar-refractivity contribution < 1.29 is 4.79 Å². The third-order valence-electron chi connectivity index (χ3n) is 5.74. The first-order valence-electron chi connectivity index (χ1n) is 10.9. The standard InChI is InChI=1S/C29H29N3O/c1-5-22-9-7-8-20(4)29(22)23-12-10-19(3)25(15-23)26(28(33)6-2)14-21-11-13-27(32-18-21)24(16-30)17-31/h6-18,30H,2,5,31H2,1,3-4H3/b24-17?,26-14+,30-16?. The molecule has 0 spiro atoms. The van der Waals surface area contributed by atoms with Gasteiger partial charge in [-0.05, 0) is 83.5 Å². The van der Waals surface area contributed by atoms with Crippen LogP contribution in [0.5, 0.6) is 0 Å². The molecule has 0 saturated heterocycles. The second-order valence-corrected chi connectivity index (χ2v) is 7.86. The van der Waals surface area contributed by atoms with Crippen molar-refractivity contribution in [3.8, 4) is 11.1 Å². The number of allylic oxidation sites excluding steroid dienone is 3. The van der Waals surface area contributed by atoms with E-state index in [0.717, 1.165) is 34.9 Å². The number of nitrogens with one attached hydrogen (secondary N) is 1. The van der Waals surface area contributed by atoms with Crippen LogP contribution in [0, 0.1) is 19.3 Å². The summed E-state index contributed by atoms with van der Waals surface area (Å²) in [7, 11) is 0.